The van der Waals surface area contributed by atoms with Gasteiger partial charge in [0, 0.05) is 34.1 Å². The number of aromatic nitrogens is 3. The van der Waals surface area contributed by atoms with Crippen LogP contribution in [0.25, 0.3) is 22.3 Å². The Labute approximate surface area is 260 Å². The molecule has 12 heteroatoms. The van der Waals surface area contributed by atoms with Gasteiger partial charge in [0.15, 0.2) is 5.82 Å². The van der Waals surface area contributed by atoms with Gasteiger partial charge >= 0.3 is 5.97 Å². The number of nitrogens with zero attached hydrogens (tertiary/aromatic N) is 3. The number of hydrogen-bond acceptors (Lipinski definition) is 5. The zero-order chi connectivity index (χ0) is 32.0. The van der Waals surface area contributed by atoms with Crippen LogP contribution >= 0.6 is 11.6 Å². The maximum atomic E-state index is 15.6. The van der Waals surface area contributed by atoms with Crippen molar-refractivity contribution in [1.82, 2.24) is 14.5 Å². The highest BCUT2D eigenvalue weighted by atomic mass is 35.5. The third-order valence-corrected chi connectivity index (χ3v) is 8.14. The van der Waals surface area contributed by atoms with Crippen molar-refractivity contribution in [3.63, 3.8) is 0 Å². The number of hydrogen-bond donors (Lipinski definition) is 1. The molecule has 0 spiro atoms. The Kier molecular flexibility index (Phi) is 8.00. The van der Waals surface area contributed by atoms with Crippen LogP contribution in [0, 0.1) is 28.7 Å². The molecule has 0 bridgehead atoms. The summed E-state index contributed by atoms with van der Waals surface area (Å²) in [5.41, 5.74) is -0.396. The van der Waals surface area contributed by atoms with Crippen LogP contribution in [-0.4, -0.2) is 38.8 Å². The molecule has 0 saturated carbocycles. The number of halogens is 5. The summed E-state index contributed by atoms with van der Waals surface area (Å²) in [4.78, 5) is 20.4. The summed E-state index contributed by atoms with van der Waals surface area (Å²) in [7, 11) is 0. The van der Waals surface area contributed by atoms with Gasteiger partial charge in [-0.05, 0) is 48.0 Å². The summed E-state index contributed by atoms with van der Waals surface area (Å²) in [5.74, 6) is -3.93. The molecule has 1 saturated heterocycles. The lowest BCUT2D eigenvalue weighted by Gasteiger charge is -2.28. The van der Waals surface area contributed by atoms with Crippen molar-refractivity contribution in [3.05, 3.63) is 111 Å². The van der Waals surface area contributed by atoms with Gasteiger partial charge in [-0.3, -0.25) is 0 Å². The van der Waals surface area contributed by atoms with E-state index in [0.717, 1.165) is 24.3 Å². The van der Waals surface area contributed by atoms with Gasteiger partial charge in [-0.15, -0.1) is 0 Å². The van der Waals surface area contributed by atoms with E-state index in [-0.39, 0.29) is 81.4 Å². The van der Waals surface area contributed by atoms with Crippen molar-refractivity contribution in [3.8, 4) is 17.1 Å². The smallest absolute Gasteiger partial charge is 0.335 e. The van der Waals surface area contributed by atoms with Gasteiger partial charge in [0.25, 0.3) is 0 Å². The zero-order valence-corrected chi connectivity index (χ0v) is 24.8. The Balaban J connectivity index is 1.33. The molecule has 7 nitrogen and oxygen atoms in total. The number of carbonyl (C=O) groups is 1. The summed E-state index contributed by atoms with van der Waals surface area (Å²) >= 11 is 5.79. The SMILES string of the molecule is CC1(C)COCC1n1c(Cc2cc(F)c(-c3cccc(OCc4ccc(Cl)cc4F)n3)cc2F)nc2c(F)cc(C(=O)O)cc21. The van der Waals surface area contributed by atoms with Crippen LogP contribution in [0.3, 0.4) is 0 Å². The third kappa shape index (κ3) is 5.97. The summed E-state index contributed by atoms with van der Waals surface area (Å²) in [5, 5.41) is 9.77. The van der Waals surface area contributed by atoms with Crippen molar-refractivity contribution in [2.45, 2.75) is 32.9 Å². The number of imidazole rings is 1. The number of carboxylic acids is 1. The molecule has 3 aromatic carbocycles. The van der Waals surface area contributed by atoms with E-state index in [1.165, 1.54) is 30.3 Å². The number of benzene rings is 3. The van der Waals surface area contributed by atoms with Crippen molar-refractivity contribution in [2.75, 3.05) is 13.2 Å². The monoisotopic (exact) mass is 639 g/mol. The predicted octanol–water partition coefficient (Wildman–Crippen LogP) is 7.77. The maximum Gasteiger partial charge on any atom is 0.335 e. The molecule has 6 rings (SSSR count). The molecule has 0 radical (unpaired) electrons. The number of fused-ring (bicyclic) bond motifs is 1. The predicted molar refractivity (Wildman–Crippen MR) is 158 cm³/mol. The van der Waals surface area contributed by atoms with E-state index in [2.05, 4.69) is 9.97 Å². The van der Waals surface area contributed by atoms with E-state index < -0.39 is 34.7 Å². The summed E-state index contributed by atoms with van der Waals surface area (Å²) in [6.45, 7) is 4.37. The molecule has 2 aromatic heterocycles. The number of carboxylic acid groups (broad SMARTS) is 1. The molecule has 1 N–H and O–H groups in total. The maximum absolute atomic E-state index is 15.6. The first kappa shape index (κ1) is 30.5. The lowest BCUT2D eigenvalue weighted by molar-refractivity contribution is 0.0696. The molecular weight excluding hydrogens is 614 g/mol. The lowest BCUT2D eigenvalue weighted by atomic mass is 9.87. The summed E-state index contributed by atoms with van der Waals surface area (Å²) < 4.78 is 73.3. The van der Waals surface area contributed by atoms with E-state index >= 15 is 13.2 Å². The highest BCUT2D eigenvalue weighted by molar-refractivity contribution is 6.30. The number of pyridine rings is 1. The first-order valence-electron chi connectivity index (χ1n) is 13.9. The Morgan fingerprint density at radius 3 is 2.49 bits per heavy atom. The Hall–Kier alpha value is -4.48. The zero-order valence-electron chi connectivity index (χ0n) is 24.1. The van der Waals surface area contributed by atoms with Crippen LogP contribution in [0.15, 0.2) is 60.7 Å². The fraction of sp³-hybridized carbons (Fsp3) is 0.242. The molecule has 232 valence electrons. The molecule has 5 aromatic rings. The van der Waals surface area contributed by atoms with Gasteiger partial charge < -0.3 is 19.1 Å². The third-order valence-electron chi connectivity index (χ3n) is 7.91. The molecule has 1 atom stereocenters. The molecule has 3 heterocycles. The second-order valence-corrected chi connectivity index (χ2v) is 12.0. The van der Waals surface area contributed by atoms with Crippen molar-refractivity contribution in [1.29, 1.82) is 0 Å². The number of aromatic carboxylic acids is 1. The van der Waals surface area contributed by atoms with E-state index in [1.807, 2.05) is 13.8 Å². The normalized spacial score (nSPS) is 15.9. The molecule has 0 aliphatic carbocycles. The van der Waals surface area contributed by atoms with E-state index in [1.54, 1.807) is 10.6 Å². The van der Waals surface area contributed by atoms with Crippen molar-refractivity contribution in [2.24, 2.45) is 5.41 Å². The van der Waals surface area contributed by atoms with Gasteiger partial charge in [-0.25, -0.2) is 32.3 Å². The van der Waals surface area contributed by atoms with Crippen LogP contribution < -0.4 is 4.74 Å². The topological polar surface area (TPSA) is 86.5 Å². The van der Waals surface area contributed by atoms with Crippen LogP contribution in [0.1, 0.15) is 47.2 Å². The van der Waals surface area contributed by atoms with Crippen LogP contribution in [0.2, 0.25) is 5.02 Å². The largest absolute Gasteiger partial charge is 0.478 e. The highest BCUT2D eigenvalue weighted by Crippen LogP contribution is 2.41. The fourth-order valence-corrected chi connectivity index (χ4v) is 5.66. The number of ether oxygens (including phenoxy) is 2. The summed E-state index contributed by atoms with van der Waals surface area (Å²) in [6.07, 6.45) is -0.213. The van der Waals surface area contributed by atoms with Crippen LogP contribution in [0.5, 0.6) is 5.88 Å². The van der Waals surface area contributed by atoms with Crippen molar-refractivity contribution < 1.29 is 36.9 Å². The van der Waals surface area contributed by atoms with E-state index in [0.29, 0.717) is 6.61 Å². The Bertz CT molecular complexity index is 1960. The van der Waals surface area contributed by atoms with Crippen molar-refractivity contribution >= 4 is 28.6 Å². The summed E-state index contributed by atoms with van der Waals surface area (Å²) in [6, 6.07) is 12.6. The first-order valence-corrected chi connectivity index (χ1v) is 14.3. The molecular formula is C33H26ClF4N3O4. The molecule has 1 aliphatic heterocycles. The molecule has 1 fully saturated rings. The highest BCUT2D eigenvalue weighted by Gasteiger charge is 2.39. The standard InChI is InChI=1S/C33H26ClF4N3O4/c1-33(2)16-44-15-28(33)41-27-10-19(32(42)43)9-25(38)31(27)40-29(41)11-18-8-24(37)21(13-23(18)36)26-4-3-5-30(39-26)45-14-17-6-7-20(34)12-22(17)35/h3-10,12-13,28H,11,14-16H2,1-2H3,(H,42,43). The lowest BCUT2D eigenvalue weighted by Crippen LogP contribution is -2.27. The average Bonchev–Trinajstić information content (AvgIpc) is 3.52. The Morgan fingerprint density at radius 2 is 1.78 bits per heavy atom. The van der Waals surface area contributed by atoms with Gasteiger partial charge in [0.2, 0.25) is 5.88 Å². The second-order valence-electron chi connectivity index (χ2n) is 11.5. The minimum Gasteiger partial charge on any atom is -0.478 e. The van der Waals surface area contributed by atoms with Gasteiger partial charge in [0.1, 0.15) is 35.4 Å². The van der Waals surface area contributed by atoms with E-state index in [4.69, 9.17) is 21.1 Å². The van der Waals surface area contributed by atoms with E-state index in [9.17, 15) is 14.3 Å². The van der Waals surface area contributed by atoms with Crippen LogP contribution in [0.4, 0.5) is 17.6 Å². The molecule has 0 amide bonds. The molecule has 1 unspecified atom stereocenters. The minimum absolute atomic E-state index is 0.0472. The van der Waals surface area contributed by atoms with Gasteiger partial charge in [-0.2, -0.15) is 0 Å². The molecule has 45 heavy (non-hydrogen) atoms. The fourth-order valence-electron chi connectivity index (χ4n) is 5.50. The molecule has 1 aliphatic rings. The van der Waals surface area contributed by atoms with Crippen LogP contribution in [-0.2, 0) is 17.8 Å². The van der Waals surface area contributed by atoms with Gasteiger partial charge in [0.05, 0.1) is 36.0 Å². The number of rotatable bonds is 8. The Morgan fingerprint density at radius 1 is 1.00 bits per heavy atom. The second kappa shape index (κ2) is 11.8. The average molecular weight is 640 g/mol. The quantitative estimate of drug-likeness (QED) is 0.175. The first-order chi connectivity index (χ1) is 21.4. The van der Waals surface area contributed by atoms with Gasteiger partial charge in [-0.1, -0.05) is 37.6 Å². The minimum atomic E-state index is -1.31.